The van der Waals surface area contributed by atoms with E-state index >= 15 is 0 Å². The zero-order valence-corrected chi connectivity index (χ0v) is 18.8. The lowest BCUT2D eigenvalue weighted by molar-refractivity contribution is 0.259. The first-order valence-corrected chi connectivity index (χ1v) is 12.0. The van der Waals surface area contributed by atoms with Crippen LogP contribution in [-0.4, -0.2) is 0 Å². The van der Waals surface area contributed by atoms with E-state index in [1.807, 2.05) is 0 Å². The highest BCUT2D eigenvalue weighted by molar-refractivity contribution is 5.27. The van der Waals surface area contributed by atoms with E-state index in [0.717, 1.165) is 17.8 Å². The Labute approximate surface area is 179 Å². The zero-order chi connectivity index (χ0) is 20.5. The molecule has 0 aliphatic heterocycles. The van der Waals surface area contributed by atoms with Crippen molar-refractivity contribution in [1.29, 1.82) is 0 Å². The molecule has 1 unspecified atom stereocenters. The predicted molar refractivity (Wildman–Crippen MR) is 127 cm³/mol. The van der Waals surface area contributed by atoms with E-state index in [0.29, 0.717) is 5.92 Å². The molecule has 1 saturated carbocycles. The molecule has 1 fully saturated rings. The van der Waals surface area contributed by atoms with Gasteiger partial charge in [-0.2, -0.15) is 0 Å². The highest BCUT2D eigenvalue weighted by atomic mass is 14.3. The van der Waals surface area contributed by atoms with Crippen LogP contribution in [0.15, 0.2) is 72.3 Å². The minimum Gasteiger partial charge on any atom is -0.0778 e. The fourth-order valence-electron chi connectivity index (χ4n) is 5.10. The van der Waals surface area contributed by atoms with E-state index < -0.39 is 0 Å². The molecule has 2 aliphatic rings. The van der Waals surface area contributed by atoms with Crippen molar-refractivity contribution in [1.82, 2.24) is 0 Å². The minimum absolute atomic E-state index is 0.680. The average Bonchev–Trinajstić information content (AvgIpc) is 2.81. The lowest BCUT2D eigenvalue weighted by atomic mass is 9.75. The molecule has 4 rings (SSSR count). The maximum atomic E-state index is 2.48. The first kappa shape index (κ1) is 21.9. The third-order valence-corrected chi connectivity index (χ3v) is 7.12. The SMILES string of the molecule is CC(C)C1CCC(c2ccccc2)CC1.CCC1=CC(c2ccccc2)CCC1. The van der Waals surface area contributed by atoms with Crippen LogP contribution in [-0.2, 0) is 0 Å². The second-order valence-corrected chi connectivity index (χ2v) is 9.35. The van der Waals surface area contributed by atoms with E-state index in [1.54, 1.807) is 11.1 Å². The Morgan fingerprint density at radius 3 is 1.90 bits per heavy atom. The van der Waals surface area contributed by atoms with E-state index in [-0.39, 0.29) is 0 Å². The molecule has 2 aliphatic carbocycles. The Hall–Kier alpha value is -1.82. The highest BCUT2D eigenvalue weighted by Gasteiger charge is 2.23. The molecule has 1 atom stereocenters. The topological polar surface area (TPSA) is 0 Å². The second-order valence-electron chi connectivity index (χ2n) is 9.35. The Balaban J connectivity index is 0.000000166. The Morgan fingerprint density at radius 2 is 1.34 bits per heavy atom. The Morgan fingerprint density at radius 1 is 0.759 bits per heavy atom. The summed E-state index contributed by atoms with van der Waals surface area (Å²) >= 11 is 0. The number of hydrogen-bond acceptors (Lipinski definition) is 0. The molecule has 0 spiro atoms. The van der Waals surface area contributed by atoms with Gasteiger partial charge in [-0.15, -0.1) is 0 Å². The van der Waals surface area contributed by atoms with Gasteiger partial charge in [-0.25, -0.2) is 0 Å². The van der Waals surface area contributed by atoms with Crippen molar-refractivity contribution in [3.8, 4) is 0 Å². The van der Waals surface area contributed by atoms with Gasteiger partial charge in [-0.1, -0.05) is 93.1 Å². The lowest BCUT2D eigenvalue weighted by Gasteiger charge is -2.31. The molecule has 0 amide bonds. The van der Waals surface area contributed by atoms with Crippen LogP contribution in [0, 0.1) is 11.8 Å². The molecule has 2 aromatic rings. The zero-order valence-electron chi connectivity index (χ0n) is 18.8. The summed E-state index contributed by atoms with van der Waals surface area (Å²) in [6.45, 7) is 7.00. The lowest BCUT2D eigenvalue weighted by Crippen LogP contribution is -2.17. The number of rotatable bonds is 4. The fraction of sp³-hybridized carbons (Fsp3) is 0.517. The maximum Gasteiger partial charge on any atom is 0.00207 e. The van der Waals surface area contributed by atoms with Gasteiger partial charge in [0.15, 0.2) is 0 Å². The van der Waals surface area contributed by atoms with Crippen LogP contribution in [0.25, 0.3) is 0 Å². The molecule has 0 N–H and O–H groups in total. The molecular weight excluding hydrogens is 348 g/mol. The molecule has 0 radical (unpaired) electrons. The molecule has 29 heavy (non-hydrogen) atoms. The Kier molecular flexibility index (Phi) is 8.59. The van der Waals surface area contributed by atoms with Crippen LogP contribution in [0.4, 0.5) is 0 Å². The molecule has 0 aromatic heterocycles. The Bertz CT molecular complexity index is 717. The summed E-state index contributed by atoms with van der Waals surface area (Å²) in [5.74, 6) is 3.37. The highest BCUT2D eigenvalue weighted by Crippen LogP contribution is 2.38. The van der Waals surface area contributed by atoms with Gasteiger partial charge in [0.05, 0.1) is 0 Å². The molecule has 156 valence electrons. The van der Waals surface area contributed by atoms with E-state index in [1.165, 1.54) is 56.9 Å². The van der Waals surface area contributed by atoms with Gasteiger partial charge in [0.2, 0.25) is 0 Å². The van der Waals surface area contributed by atoms with Crippen LogP contribution >= 0.6 is 0 Å². The van der Waals surface area contributed by atoms with Gasteiger partial charge in [-0.05, 0) is 80.2 Å². The fourth-order valence-corrected chi connectivity index (χ4v) is 5.10. The first-order chi connectivity index (χ1) is 14.2. The summed E-state index contributed by atoms with van der Waals surface area (Å²) in [5.41, 5.74) is 4.68. The molecule has 0 saturated heterocycles. The van der Waals surface area contributed by atoms with Crippen LogP contribution < -0.4 is 0 Å². The van der Waals surface area contributed by atoms with Crippen molar-refractivity contribution >= 4 is 0 Å². The van der Waals surface area contributed by atoms with Crippen LogP contribution in [0.5, 0.6) is 0 Å². The standard InChI is InChI=1S/C15H22.C14H18/c1-12(2)13-8-10-15(11-9-13)14-6-4-3-5-7-14;1-2-12-7-6-10-14(11-12)13-8-4-3-5-9-13/h3-7,12-13,15H,8-11H2,1-2H3;3-5,8-9,11,14H,2,6-7,10H2,1H3. The van der Waals surface area contributed by atoms with Crippen LogP contribution in [0.1, 0.15) is 95.1 Å². The molecule has 0 heteroatoms. The second kappa shape index (κ2) is 11.4. The number of benzene rings is 2. The quantitative estimate of drug-likeness (QED) is 0.459. The number of hydrogen-bond donors (Lipinski definition) is 0. The maximum absolute atomic E-state index is 2.48. The molecule has 0 bridgehead atoms. The van der Waals surface area contributed by atoms with E-state index in [9.17, 15) is 0 Å². The third kappa shape index (κ3) is 6.59. The summed E-state index contributed by atoms with van der Waals surface area (Å²) in [7, 11) is 0. The largest absolute Gasteiger partial charge is 0.0778 e. The smallest absolute Gasteiger partial charge is 0.00207 e. The van der Waals surface area contributed by atoms with Crippen molar-refractivity contribution in [2.24, 2.45) is 11.8 Å². The predicted octanol–water partition coefficient (Wildman–Crippen LogP) is 8.91. The van der Waals surface area contributed by atoms with Gasteiger partial charge in [0, 0.05) is 5.92 Å². The average molecular weight is 389 g/mol. The monoisotopic (exact) mass is 388 g/mol. The van der Waals surface area contributed by atoms with Gasteiger partial charge in [-0.3, -0.25) is 0 Å². The van der Waals surface area contributed by atoms with Gasteiger partial charge in [0.1, 0.15) is 0 Å². The summed E-state index contributed by atoms with van der Waals surface area (Å²) in [6.07, 6.45) is 13.4. The molecule has 0 nitrogen and oxygen atoms in total. The summed E-state index contributed by atoms with van der Waals surface area (Å²) < 4.78 is 0. The van der Waals surface area contributed by atoms with E-state index in [2.05, 4.69) is 87.5 Å². The minimum atomic E-state index is 0.680. The van der Waals surface area contributed by atoms with Crippen LogP contribution in [0.2, 0.25) is 0 Å². The summed E-state index contributed by atoms with van der Waals surface area (Å²) in [4.78, 5) is 0. The van der Waals surface area contributed by atoms with Crippen LogP contribution in [0.3, 0.4) is 0 Å². The van der Waals surface area contributed by atoms with Crippen molar-refractivity contribution in [2.75, 3.05) is 0 Å². The van der Waals surface area contributed by atoms with Crippen molar-refractivity contribution in [2.45, 2.75) is 84.0 Å². The van der Waals surface area contributed by atoms with Crippen molar-refractivity contribution in [3.63, 3.8) is 0 Å². The first-order valence-electron chi connectivity index (χ1n) is 12.0. The summed E-state index contributed by atoms with van der Waals surface area (Å²) in [5, 5.41) is 0. The number of allylic oxidation sites excluding steroid dienone is 2. The van der Waals surface area contributed by atoms with Crippen molar-refractivity contribution in [3.05, 3.63) is 83.4 Å². The summed E-state index contributed by atoms with van der Waals surface area (Å²) in [6, 6.07) is 21.9. The van der Waals surface area contributed by atoms with Gasteiger partial charge < -0.3 is 0 Å². The molecule has 2 aromatic carbocycles. The van der Waals surface area contributed by atoms with Crippen molar-refractivity contribution < 1.29 is 0 Å². The third-order valence-electron chi connectivity index (χ3n) is 7.12. The van der Waals surface area contributed by atoms with E-state index in [4.69, 9.17) is 0 Å². The normalized spacial score (nSPS) is 24.4. The molecule has 0 heterocycles. The van der Waals surface area contributed by atoms with Gasteiger partial charge >= 0.3 is 0 Å². The molecular formula is C29H40. The van der Waals surface area contributed by atoms with Gasteiger partial charge in [0.25, 0.3) is 0 Å².